The standard InChI is InChI=1S/C23H18Cl3F4N5O/c1-12(2)20(33-11-31)35-9-21(27,10-35)18-4-3-13(8-32-18)17-7-22(36-34-17,23(28,29)30)14-5-15(24)19(26)16(25)6-14/h3-8,12,34H,9-10H2,1-2H3. The van der Waals surface area contributed by atoms with Crippen molar-refractivity contribution in [3.63, 3.8) is 0 Å². The average Bonchev–Trinajstić information content (AvgIpc) is 3.26. The Morgan fingerprint density at radius 1 is 1.22 bits per heavy atom. The number of benzene rings is 1. The molecule has 2 aromatic rings. The van der Waals surface area contributed by atoms with Crippen LogP contribution in [0.5, 0.6) is 0 Å². The average molecular weight is 563 g/mol. The van der Waals surface area contributed by atoms with Gasteiger partial charge in [0.25, 0.3) is 0 Å². The minimum atomic E-state index is -4.90. The number of nitriles is 1. The van der Waals surface area contributed by atoms with Crippen LogP contribution in [0.2, 0.25) is 15.1 Å². The number of aromatic nitrogens is 1. The molecule has 36 heavy (non-hydrogen) atoms. The maximum atomic E-state index is 15.4. The van der Waals surface area contributed by atoms with Crippen LogP contribution < -0.4 is 5.48 Å². The highest BCUT2D eigenvalue weighted by molar-refractivity contribution is 6.48. The van der Waals surface area contributed by atoms with Crippen LogP contribution in [0.4, 0.5) is 17.6 Å². The molecular formula is C23H18Cl3F4N5O. The first-order chi connectivity index (χ1) is 16.8. The van der Waals surface area contributed by atoms with Crippen molar-refractivity contribution in [2.45, 2.75) is 31.3 Å². The molecule has 6 nitrogen and oxygen atoms in total. The smallest absolute Gasteiger partial charge is 0.352 e. The first kappa shape index (κ1) is 26.5. The zero-order valence-corrected chi connectivity index (χ0v) is 21.1. The number of amidine groups is 1. The Hall–Kier alpha value is -2.58. The molecule has 0 aliphatic carbocycles. The summed E-state index contributed by atoms with van der Waals surface area (Å²) in [6.07, 6.45) is -1.08. The largest absolute Gasteiger partial charge is 0.428 e. The third-order valence-electron chi connectivity index (χ3n) is 5.92. The van der Waals surface area contributed by atoms with Gasteiger partial charge in [-0.15, -0.1) is 0 Å². The minimum Gasteiger partial charge on any atom is -0.352 e. The van der Waals surface area contributed by atoms with E-state index < -0.39 is 17.4 Å². The van der Waals surface area contributed by atoms with E-state index in [-0.39, 0.29) is 56.6 Å². The van der Waals surface area contributed by atoms with E-state index >= 15 is 4.39 Å². The van der Waals surface area contributed by atoms with Gasteiger partial charge in [0.05, 0.1) is 39.5 Å². The predicted molar refractivity (Wildman–Crippen MR) is 128 cm³/mol. The number of aliphatic imine (C=N–C) groups is 1. The normalized spacial score (nSPS) is 21.6. The van der Waals surface area contributed by atoms with Crippen LogP contribution in [0, 0.1) is 17.4 Å². The van der Waals surface area contributed by atoms with E-state index in [1.165, 1.54) is 18.3 Å². The maximum Gasteiger partial charge on any atom is 0.428 e. The van der Waals surface area contributed by atoms with E-state index in [1.807, 2.05) is 13.8 Å². The molecule has 2 aliphatic rings. The predicted octanol–water partition coefficient (Wildman–Crippen LogP) is 6.39. The fourth-order valence-electron chi connectivity index (χ4n) is 4.07. The molecule has 1 aromatic carbocycles. The van der Waals surface area contributed by atoms with E-state index in [1.54, 1.807) is 11.1 Å². The van der Waals surface area contributed by atoms with Crippen LogP contribution in [-0.4, -0.2) is 35.0 Å². The molecular weight excluding hydrogens is 545 g/mol. The molecule has 0 saturated carbocycles. The van der Waals surface area contributed by atoms with E-state index in [4.69, 9.17) is 44.9 Å². The van der Waals surface area contributed by atoms with Gasteiger partial charge in [0.2, 0.25) is 11.8 Å². The van der Waals surface area contributed by atoms with E-state index in [9.17, 15) is 13.2 Å². The lowest BCUT2D eigenvalue weighted by Gasteiger charge is -2.46. The van der Waals surface area contributed by atoms with Crippen molar-refractivity contribution in [2.24, 2.45) is 10.9 Å². The van der Waals surface area contributed by atoms with Crippen molar-refractivity contribution in [1.29, 1.82) is 5.26 Å². The monoisotopic (exact) mass is 561 g/mol. The highest BCUT2D eigenvalue weighted by Gasteiger charge is 2.60. The number of nitrogens with zero attached hydrogens (tertiary/aromatic N) is 4. The van der Waals surface area contributed by atoms with Crippen molar-refractivity contribution in [3.8, 4) is 6.19 Å². The van der Waals surface area contributed by atoms with Crippen LogP contribution in [0.25, 0.3) is 5.70 Å². The van der Waals surface area contributed by atoms with E-state index in [0.29, 0.717) is 5.84 Å². The summed E-state index contributed by atoms with van der Waals surface area (Å²) in [6.45, 7) is 3.60. The number of hydrogen-bond acceptors (Lipinski definition) is 5. The maximum absolute atomic E-state index is 15.4. The molecule has 0 bridgehead atoms. The van der Waals surface area contributed by atoms with Gasteiger partial charge in [-0.3, -0.25) is 15.3 Å². The zero-order valence-electron chi connectivity index (χ0n) is 18.8. The van der Waals surface area contributed by atoms with Crippen molar-refractivity contribution in [3.05, 3.63) is 68.4 Å². The second-order valence-electron chi connectivity index (χ2n) is 8.73. The Kier molecular flexibility index (Phi) is 6.90. The third-order valence-corrected chi connectivity index (χ3v) is 7.12. The second kappa shape index (κ2) is 9.38. The van der Waals surface area contributed by atoms with Crippen LogP contribution in [0.1, 0.15) is 30.7 Å². The molecule has 4 rings (SSSR count). The van der Waals surface area contributed by atoms with Crippen molar-refractivity contribution >= 4 is 46.3 Å². The van der Waals surface area contributed by atoms with E-state index in [0.717, 1.165) is 18.2 Å². The molecule has 0 amide bonds. The lowest BCUT2D eigenvalue weighted by molar-refractivity contribution is -0.269. The number of halogens is 7. The van der Waals surface area contributed by atoms with Gasteiger partial charge in [0, 0.05) is 23.2 Å². The first-order valence-corrected chi connectivity index (χ1v) is 11.7. The fraction of sp³-hybridized carbons (Fsp3) is 0.348. The molecule has 1 aromatic heterocycles. The molecule has 1 N–H and O–H groups in total. The Balaban J connectivity index is 1.61. The number of hydrogen-bond donors (Lipinski definition) is 1. The van der Waals surface area contributed by atoms with Crippen LogP contribution in [-0.2, 0) is 16.1 Å². The minimum absolute atomic E-state index is 0.0278. The Morgan fingerprint density at radius 3 is 2.36 bits per heavy atom. The Morgan fingerprint density at radius 2 is 1.86 bits per heavy atom. The van der Waals surface area contributed by atoms with Crippen LogP contribution in [0.3, 0.4) is 0 Å². The van der Waals surface area contributed by atoms with Crippen molar-refractivity contribution < 1.29 is 22.4 Å². The topological polar surface area (TPSA) is 73.5 Å². The number of pyridine rings is 1. The summed E-state index contributed by atoms with van der Waals surface area (Å²) >= 11 is 17.8. The number of alkyl halides is 4. The van der Waals surface area contributed by atoms with Gasteiger partial charge in [0.15, 0.2) is 5.67 Å². The summed E-state index contributed by atoms with van der Waals surface area (Å²) < 4.78 is 58.0. The first-order valence-electron chi connectivity index (χ1n) is 10.6. The molecule has 1 saturated heterocycles. The van der Waals surface area contributed by atoms with Crippen molar-refractivity contribution in [1.82, 2.24) is 15.4 Å². The number of likely N-dealkylation sites (tertiary alicyclic amines) is 1. The van der Waals surface area contributed by atoms with Gasteiger partial charge in [0.1, 0.15) is 5.84 Å². The molecule has 1 atom stereocenters. The van der Waals surface area contributed by atoms with Gasteiger partial charge in [-0.25, -0.2) is 4.39 Å². The quantitative estimate of drug-likeness (QED) is 0.154. The third kappa shape index (κ3) is 4.50. The lowest BCUT2D eigenvalue weighted by Crippen LogP contribution is -2.60. The highest BCUT2D eigenvalue weighted by Crippen LogP contribution is 2.49. The van der Waals surface area contributed by atoms with Gasteiger partial charge >= 0.3 is 6.18 Å². The van der Waals surface area contributed by atoms with Gasteiger partial charge in [-0.1, -0.05) is 48.7 Å². The summed E-state index contributed by atoms with van der Waals surface area (Å²) in [5.74, 6) is 0.412. The lowest BCUT2D eigenvalue weighted by atomic mass is 9.89. The van der Waals surface area contributed by atoms with Crippen LogP contribution in [0.15, 0.2) is 41.5 Å². The van der Waals surface area contributed by atoms with Crippen LogP contribution >= 0.6 is 34.8 Å². The molecule has 0 spiro atoms. The number of hydroxylamine groups is 1. The summed E-state index contributed by atoms with van der Waals surface area (Å²) in [4.78, 5) is 14.6. The molecule has 1 fully saturated rings. The highest BCUT2D eigenvalue weighted by atomic mass is 35.5. The number of rotatable bonds is 4. The fourth-order valence-corrected chi connectivity index (χ4v) is 4.67. The molecule has 2 aliphatic heterocycles. The molecule has 1 unspecified atom stereocenters. The molecule has 3 heterocycles. The number of nitrogens with one attached hydrogen (secondary N) is 1. The summed E-state index contributed by atoms with van der Waals surface area (Å²) in [5, 5.41) is 8.44. The van der Waals surface area contributed by atoms with Gasteiger partial charge in [-0.05, 0) is 30.3 Å². The second-order valence-corrected chi connectivity index (χ2v) is 9.92. The molecule has 0 radical (unpaired) electrons. The van der Waals surface area contributed by atoms with Crippen molar-refractivity contribution in [2.75, 3.05) is 13.1 Å². The Bertz CT molecular complexity index is 1260. The summed E-state index contributed by atoms with van der Waals surface area (Å²) in [7, 11) is 0. The summed E-state index contributed by atoms with van der Waals surface area (Å²) in [6, 6.07) is 4.90. The van der Waals surface area contributed by atoms with Gasteiger partial charge < -0.3 is 4.90 Å². The van der Waals surface area contributed by atoms with E-state index in [2.05, 4.69) is 15.5 Å². The Labute approximate surface area is 219 Å². The zero-order chi connectivity index (χ0) is 26.5. The molecule has 190 valence electrons. The summed E-state index contributed by atoms with van der Waals surface area (Å²) in [5.41, 5.74) is -2.45. The molecule has 13 heteroatoms. The SMILES string of the molecule is CC(C)C(=NC#N)N1CC(F)(c2ccc(C3=CC(c4cc(Cl)c(Cl)c(Cl)c4)(C(F)(F)F)ON3)cn2)C1. The van der Waals surface area contributed by atoms with Gasteiger partial charge in [-0.2, -0.15) is 23.4 Å².